The number of hydrogen-bond donors (Lipinski definition) is 2. The van der Waals surface area contributed by atoms with Crippen LogP contribution in [0.15, 0.2) is 27.1 Å². The molecule has 11 heteroatoms. The quantitative estimate of drug-likeness (QED) is 0.600. The van der Waals surface area contributed by atoms with Gasteiger partial charge in [0.2, 0.25) is 17.6 Å². The number of rotatable bonds is 4. The summed E-state index contributed by atoms with van der Waals surface area (Å²) in [6.45, 7) is 6.71. The van der Waals surface area contributed by atoms with Crippen LogP contribution in [-0.4, -0.2) is 64.9 Å². The Labute approximate surface area is 211 Å². The molecule has 4 rings (SSSR count). The molecule has 1 aromatic heterocycles. The number of anilines is 1. The van der Waals surface area contributed by atoms with Crippen LogP contribution in [0.2, 0.25) is 0 Å². The molecule has 35 heavy (non-hydrogen) atoms. The van der Waals surface area contributed by atoms with Crippen molar-refractivity contribution >= 4 is 56.4 Å². The summed E-state index contributed by atoms with van der Waals surface area (Å²) in [6, 6.07) is 5.10. The zero-order valence-corrected chi connectivity index (χ0v) is 21.5. The molecule has 2 fully saturated rings. The summed E-state index contributed by atoms with van der Waals surface area (Å²) in [5, 5.41) is 3.31. The summed E-state index contributed by atoms with van der Waals surface area (Å²) in [5.41, 5.74) is 5.51. The predicted molar refractivity (Wildman–Crippen MR) is 132 cm³/mol. The number of carbonyl (C=O) groups excluding carboxylic acids is 4. The van der Waals surface area contributed by atoms with Gasteiger partial charge in [-0.1, -0.05) is 15.9 Å². The smallest absolute Gasteiger partial charge is 0.410 e. The number of benzene rings is 1. The zero-order valence-electron chi connectivity index (χ0n) is 19.9. The van der Waals surface area contributed by atoms with Gasteiger partial charge in [-0.05, 0) is 51.8 Å². The molecule has 0 saturated carbocycles. The number of halogens is 1. The minimum absolute atomic E-state index is 0.0501. The predicted octanol–water partition coefficient (Wildman–Crippen LogP) is 3.48. The lowest BCUT2D eigenvalue weighted by atomic mass is 10.0. The van der Waals surface area contributed by atoms with Crippen molar-refractivity contribution in [2.24, 2.45) is 11.7 Å². The van der Waals surface area contributed by atoms with E-state index in [0.29, 0.717) is 36.9 Å². The zero-order chi connectivity index (χ0) is 25.5. The van der Waals surface area contributed by atoms with Gasteiger partial charge in [-0.2, -0.15) is 0 Å². The van der Waals surface area contributed by atoms with Crippen LogP contribution in [-0.2, 0) is 14.3 Å². The van der Waals surface area contributed by atoms with Crippen LogP contribution < -0.4 is 11.1 Å². The van der Waals surface area contributed by atoms with Crippen LogP contribution in [0.3, 0.4) is 0 Å². The number of likely N-dealkylation sites (tertiary alicyclic amines) is 2. The monoisotopic (exact) mass is 548 g/mol. The molecule has 1 atom stereocenters. The van der Waals surface area contributed by atoms with E-state index in [0.717, 1.165) is 4.47 Å². The van der Waals surface area contributed by atoms with Crippen LogP contribution in [0.25, 0.3) is 11.0 Å². The molecule has 2 saturated heterocycles. The fourth-order valence-corrected chi connectivity index (χ4v) is 4.90. The third-order valence-corrected chi connectivity index (χ3v) is 6.70. The normalized spacial score (nSPS) is 19.3. The number of hydrogen-bond acceptors (Lipinski definition) is 6. The Balaban J connectivity index is 1.41. The van der Waals surface area contributed by atoms with Crippen molar-refractivity contribution in [2.75, 3.05) is 25.0 Å². The molecule has 0 radical (unpaired) electrons. The van der Waals surface area contributed by atoms with Gasteiger partial charge >= 0.3 is 6.09 Å². The van der Waals surface area contributed by atoms with Crippen LogP contribution in [0.1, 0.15) is 50.6 Å². The molecule has 0 spiro atoms. The number of nitrogens with one attached hydrogen (secondary N) is 1. The highest BCUT2D eigenvalue weighted by Gasteiger charge is 2.40. The van der Waals surface area contributed by atoms with Gasteiger partial charge in [0.05, 0.1) is 5.92 Å². The van der Waals surface area contributed by atoms with E-state index in [1.807, 2.05) is 20.8 Å². The average molecular weight is 549 g/mol. The molecule has 1 unspecified atom stereocenters. The van der Waals surface area contributed by atoms with Crippen molar-refractivity contribution in [2.45, 2.75) is 51.7 Å². The van der Waals surface area contributed by atoms with Crippen LogP contribution in [0, 0.1) is 5.92 Å². The lowest BCUT2D eigenvalue weighted by Gasteiger charge is -2.37. The van der Waals surface area contributed by atoms with Crippen molar-refractivity contribution in [1.29, 1.82) is 0 Å². The molecule has 3 N–H and O–H groups in total. The number of nitrogens with two attached hydrogens (primary N) is 1. The molecule has 2 aliphatic heterocycles. The maximum absolute atomic E-state index is 13.1. The number of nitrogens with zero attached hydrogens (tertiary/aromatic N) is 2. The standard InChI is InChI=1S/C24H29BrN4O6/c1-24(2,3)35-23(33)28-8-6-15(7-9-28)29-12-13(10-18(29)30)22(32)27-19-16-11-14(25)4-5-17(16)34-20(19)21(26)31/h4-5,11,13,15H,6-10,12H2,1-3H3,(H2,26,31)(H,27,32). The first-order valence-corrected chi connectivity index (χ1v) is 12.3. The molecule has 10 nitrogen and oxygen atoms in total. The number of primary amides is 1. The summed E-state index contributed by atoms with van der Waals surface area (Å²) >= 11 is 3.38. The maximum Gasteiger partial charge on any atom is 0.410 e. The Kier molecular flexibility index (Phi) is 6.81. The van der Waals surface area contributed by atoms with Gasteiger partial charge < -0.3 is 30.0 Å². The fourth-order valence-electron chi connectivity index (χ4n) is 4.54. The van der Waals surface area contributed by atoms with Crippen molar-refractivity contribution in [3.63, 3.8) is 0 Å². The molecule has 2 aromatic rings. The highest BCUT2D eigenvalue weighted by Crippen LogP contribution is 2.34. The Hall–Kier alpha value is -3.08. The van der Waals surface area contributed by atoms with Gasteiger partial charge in [-0.3, -0.25) is 14.4 Å². The maximum atomic E-state index is 13.1. The number of furan rings is 1. The Morgan fingerprint density at radius 3 is 2.51 bits per heavy atom. The van der Waals surface area contributed by atoms with E-state index in [1.165, 1.54) is 0 Å². The molecular formula is C24H29BrN4O6. The van der Waals surface area contributed by atoms with Gasteiger partial charge in [0.15, 0.2) is 0 Å². The number of ether oxygens (including phenoxy) is 1. The summed E-state index contributed by atoms with van der Waals surface area (Å²) in [7, 11) is 0. The molecule has 2 aliphatic rings. The van der Waals surface area contributed by atoms with E-state index in [2.05, 4.69) is 21.2 Å². The Morgan fingerprint density at radius 1 is 1.20 bits per heavy atom. The second-order valence-corrected chi connectivity index (χ2v) is 10.9. The van der Waals surface area contributed by atoms with Gasteiger partial charge in [0.1, 0.15) is 16.9 Å². The number of piperidine rings is 1. The third kappa shape index (κ3) is 5.44. The van der Waals surface area contributed by atoms with E-state index in [9.17, 15) is 19.2 Å². The lowest BCUT2D eigenvalue weighted by molar-refractivity contribution is -0.130. The van der Waals surface area contributed by atoms with Gasteiger partial charge in [0.25, 0.3) is 5.91 Å². The van der Waals surface area contributed by atoms with E-state index < -0.39 is 17.4 Å². The largest absolute Gasteiger partial charge is 0.449 e. The first-order chi connectivity index (χ1) is 16.4. The highest BCUT2D eigenvalue weighted by molar-refractivity contribution is 9.10. The first kappa shape index (κ1) is 25.0. The van der Waals surface area contributed by atoms with E-state index >= 15 is 0 Å². The second-order valence-electron chi connectivity index (χ2n) is 9.95. The molecule has 3 heterocycles. The minimum atomic E-state index is -0.798. The fraction of sp³-hybridized carbons (Fsp3) is 0.500. The SMILES string of the molecule is CC(C)(C)OC(=O)N1CCC(N2CC(C(=O)Nc3c(C(N)=O)oc4ccc(Br)cc34)CC2=O)CC1. The summed E-state index contributed by atoms with van der Waals surface area (Å²) in [6.07, 6.45) is 0.950. The minimum Gasteiger partial charge on any atom is -0.449 e. The van der Waals surface area contributed by atoms with E-state index in [4.69, 9.17) is 14.9 Å². The highest BCUT2D eigenvalue weighted by atomic mass is 79.9. The van der Waals surface area contributed by atoms with Crippen LogP contribution in [0.5, 0.6) is 0 Å². The average Bonchev–Trinajstić information content (AvgIpc) is 3.33. The molecule has 1 aromatic carbocycles. The topological polar surface area (TPSA) is 135 Å². The lowest BCUT2D eigenvalue weighted by Crippen LogP contribution is -2.48. The third-order valence-electron chi connectivity index (χ3n) is 6.21. The van der Waals surface area contributed by atoms with E-state index in [-0.39, 0.29) is 48.4 Å². The van der Waals surface area contributed by atoms with Crippen LogP contribution >= 0.6 is 15.9 Å². The summed E-state index contributed by atoms with van der Waals surface area (Å²) < 4.78 is 11.7. The molecule has 0 aliphatic carbocycles. The van der Waals surface area contributed by atoms with Gasteiger partial charge in [-0.15, -0.1) is 0 Å². The molecule has 4 amide bonds. The molecular weight excluding hydrogens is 520 g/mol. The second kappa shape index (κ2) is 9.52. The Morgan fingerprint density at radius 2 is 1.89 bits per heavy atom. The molecule has 188 valence electrons. The van der Waals surface area contributed by atoms with Crippen molar-refractivity contribution in [3.8, 4) is 0 Å². The van der Waals surface area contributed by atoms with Crippen molar-refractivity contribution in [3.05, 3.63) is 28.4 Å². The van der Waals surface area contributed by atoms with Gasteiger partial charge in [0, 0.05) is 42.0 Å². The summed E-state index contributed by atoms with van der Waals surface area (Å²) in [4.78, 5) is 53.5. The first-order valence-electron chi connectivity index (χ1n) is 11.5. The number of carbonyl (C=O) groups is 4. The van der Waals surface area contributed by atoms with Crippen LogP contribution in [0.4, 0.5) is 10.5 Å². The molecule has 0 bridgehead atoms. The summed E-state index contributed by atoms with van der Waals surface area (Å²) in [5.74, 6) is -1.99. The Bertz CT molecular complexity index is 1180. The van der Waals surface area contributed by atoms with Gasteiger partial charge in [-0.25, -0.2) is 4.79 Å². The number of fused-ring (bicyclic) bond motifs is 1. The number of amides is 4. The van der Waals surface area contributed by atoms with Crippen molar-refractivity contribution < 1.29 is 28.3 Å². The van der Waals surface area contributed by atoms with Crippen molar-refractivity contribution in [1.82, 2.24) is 9.80 Å². The van der Waals surface area contributed by atoms with E-state index in [1.54, 1.807) is 28.0 Å².